The Bertz CT molecular complexity index is 158. The quantitative estimate of drug-likeness (QED) is 0.450. The lowest BCUT2D eigenvalue weighted by molar-refractivity contribution is -0.935. The number of nitrogens with zero attached hydrogens (tertiary/aromatic N) is 1. The molecule has 0 saturated carbocycles. The van der Waals surface area contributed by atoms with Gasteiger partial charge in [0.25, 0.3) is 0 Å². The summed E-state index contributed by atoms with van der Waals surface area (Å²) < 4.78 is 6.87. The lowest BCUT2D eigenvalue weighted by atomic mass is 10.1. The average Bonchev–Trinajstić information content (AvgIpc) is 2.31. The topological polar surface area (TPSA) is 9.23 Å². The summed E-state index contributed by atoms with van der Waals surface area (Å²) in [6.45, 7) is 11.8. The molecule has 0 bridgehead atoms. The molecule has 1 aliphatic rings. The van der Waals surface area contributed by atoms with Gasteiger partial charge in [0.2, 0.25) is 0 Å². The SMILES string of the molecule is CCCCC[N+]1(CCCCC)CCOCC1.[Cl-]. The molecule has 1 aliphatic heterocycles. The van der Waals surface area contributed by atoms with Crippen LogP contribution in [0.15, 0.2) is 0 Å². The fourth-order valence-corrected chi connectivity index (χ4v) is 2.68. The highest BCUT2D eigenvalue weighted by atomic mass is 35.5. The molecule has 1 saturated heterocycles. The van der Waals surface area contributed by atoms with Gasteiger partial charge in [-0.15, -0.1) is 0 Å². The summed E-state index contributed by atoms with van der Waals surface area (Å²) in [4.78, 5) is 0. The van der Waals surface area contributed by atoms with Crippen LogP contribution in [0.4, 0.5) is 0 Å². The largest absolute Gasteiger partial charge is 1.00 e. The van der Waals surface area contributed by atoms with Gasteiger partial charge < -0.3 is 21.6 Å². The van der Waals surface area contributed by atoms with Gasteiger partial charge in [0.15, 0.2) is 0 Å². The minimum Gasteiger partial charge on any atom is -1.00 e. The number of rotatable bonds is 8. The zero-order valence-corrected chi connectivity index (χ0v) is 12.5. The van der Waals surface area contributed by atoms with Crippen molar-refractivity contribution in [1.82, 2.24) is 0 Å². The predicted molar refractivity (Wildman–Crippen MR) is 69.6 cm³/mol. The molecule has 0 spiro atoms. The van der Waals surface area contributed by atoms with E-state index >= 15 is 0 Å². The van der Waals surface area contributed by atoms with E-state index in [4.69, 9.17) is 4.74 Å². The Morgan fingerprint density at radius 2 is 1.29 bits per heavy atom. The van der Waals surface area contributed by atoms with Gasteiger partial charge in [0.05, 0.1) is 26.3 Å². The average molecular weight is 264 g/mol. The number of halogens is 1. The van der Waals surface area contributed by atoms with Crippen LogP contribution in [-0.4, -0.2) is 43.9 Å². The molecule has 17 heavy (non-hydrogen) atoms. The van der Waals surface area contributed by atoms with Gasteiger partial charge in [0, 0.05) is 0 Å². The first kappa shape index (κ1) is 17.2. The van der Waals surface area contributed by atoms with Crippen molar-refractivity contribution >= 4 is 0 Å². The van der Waals surface area contributed by atoms with Crippen molar-refractivity contribution in [1.29, 1.82) is 0 Å². The van der Waals surface area contributed by atoms with Gasteiger partial charge in [-0.05, 0) is 25.7 Å². The normalized spacial score (nSPS) is 18.7. The summed E-state index contributed by atoms with van der Waals surface area (Å²) in [6.07, 6.45) is 8.28. The van der Waals surface area contributed by atoms with E-state index in [-0.39, 0.29) is 12.4 Å². The van der Waals surface area contributed by atoms with Gasteiger partial charge >= 0.3 is 0 Å². The minimum atomic E-state index is 0. The van der Waals surface area contributed by atoms with E-state index in [1.165, 1.54) is 69.2 Å². The van der Waals surface area contributed by atoms with Crippen molar-refractivity contribution < 1.29 is 21.6 Å². The fraction of sp³-hybridized carbons (Fsp3) is 1.00. The molecule has 0 aliphatic carbocycles. The highest BCUT2D eigenvalue weighted by Crippen LogP contribution is 2.16. The molecular weight excluding hydrogens is 234 g/mol. The smallest absolute Gasteiger partial charge is 0.102 e. The molecule has 0 aromatic rings. The van der Waals surface area contributed by atoms with Crippen LogP contribution in [0.25, 0.3) is 0 Å². The van der Waals surface area contributed by atoms with Crippen molar-refractivity contribution in [2.75, 3.05) is 39.4 Å². The van der Waals surface area contributed by atoms with Crippen LogP contribution >= 0.6 is 0 Å². The zero-order valence-electron chi connectivity index (χ0n) is 11.7. The Kier molecular flexibility index (Phi) is 10.3. The Labute approximate surface area is 114 Å². The van der Waals surface area contributed by atoms with Gasteiger partial charge in [-0.2, -0.15) is 0 Å². The van der Waals surface area contributed by atoms with Crippen LogP contribution in [0.5, 0.6) is 0 Å². The van der Waals surface area contributed by atoms with E-state index in [9.17, 15) is 0 Å². The summed E-state index contributed by atoms with van der Waals surface area (Å²) in [5, 5.41) is 0. The molecule has 1 fully saturated rings. The standard InChI is InChI=1S/C14H30NO.ClH/c1-3-5-7-9-15(10-8-6-4-2)11-13-16-14-12-15;/h3-14H2,1-2H3;1H/q+1;/p-1. The molecule has 0 unspecified atom stereocenters. The molecule has 104 valence electrons. The molecule has 2 nitrogen and oxygen atoms in total. The number of unbranched alkanes of at least 4 members (excludes halogenated alkanes) is 4. The van der Waals surface area contributed by atoms with Crippen LogP contribution in [-0.2, 0) is 4.74 Å². The summed E-state index contributed by atoms with van der Waals surface area (Å²) >= 11 is 0. The Morgan fingerprint density at radius 1 is 0.824 bits per heavy atom. The van der Waals surface area contributed by atoms with Gasteiger partial charge in [-0.25, -0.2) is 0 Å². The molecule has 0 aromatic carbocycles. The van der Waals surface area contributed by atoms with Gasteiger partial charge in [-0.1, -0.05) is 26.7 Å². The minimum absolute atomic E-state index is 0. The van der Waals surface area contributed by atoms with E-state index in [2.05, 4.69) is 13.8 Å². The van der Waals surface area contributed by atoms with E-state index in [0.717, 1.165) is 13.2 Å². The summed E-state index contributed by atoms with van der Waals surface area (Å²) in [6, 6.07) is 0. The molecule has 1 heterocycles. The second kappa shape index (κ2) is 10.2. The summed E-state index contributed by atoms with van der Waals surface area (Å²) in [7, 11) is 0. The van der Waals surface area contributed by atoms with Crippen LogP contribution in [0, 0.1) is 0 Å². The van der Waals surface area contributed by atoms with E-state index in [0.29, 0.717) is 0 Å². The molecular formula is C14H30ClNO. The highest BCUT2D eigenvalue weighted by Gasteiger charge is 2.28. The zero-order chi connectivity index (χ0) is 11.7. The van der Waals surface area contributed by atoms with Crippen LogP contribution < -0.4 is 12.4 Å². The maximum absolute atomic E-state index is 5.52. The molecule has 3 heteroatoms. The number of quaternary nitrogens is 1. The van der Waals surface area contributed by atoms with Gasteiger partial charge in [0.1, 0.15) is 13.1 Å². The van der Waals surface area contributed by atoms with E-state index < -0.39 is 0 Å². The first-order valence-corrected chi connectivity index (χ1v) is 7.26. The third-order valence-corrected chi connectivity index (χ3v) is 3.89. The Morgan fingerprint density at radius 3 is 1.71 bits per heavy atom. The highest BCUT2D eigenvalue weighted by molar-refractivity contribution is 4.52. The molecule has 0 atom stereocenters. The number of hydrogen-bond donors (Lipinski definition) is 0. The molecule has 0 radical (unpaired) electrons. The van der Waals surface area contributed by atoms with Crippen molar-refractivity contribution in [3.63, 3.8) is 0 Å². The second-order valence-electron chi connectivity index (χ2n) is 5.26. The monoisotopic (exact) mass is 263 g/mol. The molecule has 0 amide bonds. The summed E-state index contributed by atoms with van der Waals surface area (Å²) in [5.74, 6) is 0. The van der Waals surface area contributed by atoms with Crippen LogP contribution in [0.1, 0.15) is 52.4 Å². The van der Waals surface area contributed by atoms with Crippen molar-refractivity contribution in [3.05, 3.63) is 0 Å². The van der Waals surface area contributed by atoms with Crippen molar-refractivity contribution in [2.24, 2.45) is 0 Å². The first-order valence-electron chi connectivity index (χ1n) is 7.26. The number of hydrogen-bond acceptors (Lipinski definition) is 1. The summed E-state index contributed by atoms with van der Waals surface area (Å²) in [5.41, 5.74) is 0. The van der Waals surface area contributed by atoms with Crippen molar-refractivity contribution in [2.45, 2.75) is 52.4 Å². The Hall–Kier alpha value is 0.210. The second-order valence-corrected chi connectivity index (χ2v) is 5.26. The fourth-order valence-electron chi connectivity index (χ4n) is 2.68. The van der Waals surface area contributed by atoms with E-state index in [1.54, 1.807) is 0 Å². The molecule has 1 rings (SSSR count). The third kappa shape index (κ3) is 6.64. The lowest BCUT2D eigenvalue weighted by Crippen LogP contribution is -3.00. The predicted octanol–water partition coefficient (Wildman–Crippen LogP) is 0.218. The molecule has 0 N–H and O–H groups in total. The number of morpholine rings is 1. The number of ether oxygens (including phenoxy) is 1. The molecule has 0 aromatic heterocycles. The van der Waals surface area contributed by atoms with E-state index in [1.807, 2.05) is 0 Å². The maximum Gasteiger partial charge on any atom is 0.102 e. The van der Waals surface area contributed by atoms with Crippen LogP contribution in [0.3, 0.4) is 0 Å². The Balaban J connectivity index is 0.00000256. The third-order valence-electron chi connectivity index (χ3n) is 3.89. The lowest BCUT2D eigenvalue weighted by Gasteiger charge is -2.41. The van der Waals surface area contributed by atoms with Gasteiger partial charge in [-0.3, -0.25) is 0 Å². The maximum atomic E-state index is 5.52. The van der Waals surface area contributed by atoms with Crippen molar-refractivity contribution in [3.8, 4) is 0 Å². The van der Waals surface area contributed by atoms with Crippen LogP contribution in [0.2, 0.25) is 0 Å². The first-order chi connectivity index (χ1) is 7.83.